The lowest BCUT2D eigenvalue weighted by atomic mass is 10.00. The summed E-state index contributed by atoms with van der Waals surface area (Å²) in [4.78, 5) is 2.17. The maximum atomic E-state index is 5.90. The number of benzene rings is 1. The summed E-state index contributed by atoms with van der Waals surface area (Å²) in [5, 5.41) is 3.34. The summed E-state index contributed by atoms with van der Waals surface area (Å²) in [6.45, 7) is 6.39. The van der Waals surface area contributed by atoms with Crippen LogP contribution in [-0.4, -0.2) is 51.8 Å². The van der Waals surface area contributed by atoms with Gasteiger partial charge in [-0.3, -0.25) is 0 Å². The summed E-state index contributed by atoms with van der Waals surface area (Å²) in [6, 6.07) is 6.29. The molecule has 1 aromatic rings. The van der Waals surface area contributed by atoms with E-state index < -0.39 is 0 Å². The third-order valence-corrected chi connectivity index (χ3v) is 3.69. The summed E-state index contributed by atoms with van der Waals surface area (Å²) in [6.07, 6.45) is 4.33. The zero-order valence-electron chi connectivity index (χ0n) is 14.0. The van der Waals surface area contributed by atoms with Crippen LogP contribution in [0.15, 0.2) is 24.3 Å². The molecule has 1 heterocycles. The van der Waals surface area contributed by atoms with Gasteiger partial charge in [-0.2, -0.15) is 0 Å². The molecule has 0 saturated carbocycles. The molecule has 1 aliphatic heterocycles. The molecule has 0 aliphatic carbocycles. The molecular weight excluding hydrogens is 276 g/mol. The number of nitrogens with one attached hydrogen (secondary N) is 1. The topological polar surface area (TPSA) is 33.7 Å². The fraction of sp³-hybridized carbons (Fsp3) is 0.556. The van der Waals surface area contributed by atoms with Crippen molar-refractivity contribution in [2.24, 2.45) is 0 Å². The number of hydrogen-bond donors (Lipinski definition) is 1. The highest BCUT2D eigenvalue weighted by molar-refractivity contribution is 5.69. The van der Waals surface area contributed by atoms with E-state index in [1.54, 1.807) is 0 Å². The van der Waals surface area contributed by atoms with Crippen molar-refractivity contribution in [3.05, 3.63) is 29.8 Å². The van der Waals surface area contributed by atoms with Crippen molar-refractivity contribution in [3.8, 4) is 11.5 Å². The van der Waals surface area contributed by atoms with Gasteiger partial charge in [-0.25, -0.2) is 0 Å². The molecule has 0 aromatic heterocycles. The van der Waals surface area contributed by atoms with Crippen LogP contribution in [0, 0.1) is 0 Å². The average molecular weight is 304 g/mol. The molecule has 1 aliphatic rings. The van der Waals surface area contributed by atoms with E-state index in [-0.39, 0.29) is 0 Å². The Labute approximate surface area is 134 Å². The fourth-order valence-corrected chi connectivity index (χ4v) is 2.54. The van der Waals surface area contributed by atoms with Gasteiger partial charge in [0.1, 0.15) is 0 Å². The van der Waals surface area contributed by atoms with Crippen LogP contribution in [0.4, 0.5) is 0 Å². The van der Waals surface area contributed by atoms with Crippen LogP contribution in [0.3, 0.4) is 0 Å². The first kappa shape index (κ1) is 16.8. The zero-order valence-corrected chi connectivity index (χ0v) is 14.0. The molecule has 0 bridgehead atoms. The Kier molecular flexibility index (Phi) is 6.74. The Hall–Kier alpha value is -1.52. The second kappa shape index (κ2) is 8.81. The number of nitrogens with zero attached hydrogens (tertiary/aromatic N) is 1. The van der Waals surface area contributed by atoms with Crippen molar-refractivity contribution in [1.82, 2.24) is 10.2 Å². The molecule has 0 spiro atoms. The average Bonchev–Trinajstić information content (AvgIpc) is 2.53. The van der Waals surface area contributed by atoms with Gasteiger partial charge in [0.05, 0.1) is 13.2 Å². The van der Waals surface area contributed by atoms with Crippen LogP contribution in [0.25, 0.3) is 5.57 Å². The van der Waals surface area contributed by atoms with Gasteiger partial charge in [0, 0.05) is 13.1 Å². The maximum absolute atomic E-state index is 5.90. The molecule has 1 N–H and O–H groups in total. The van der Waals surface area contributed by atoms with E-state index >= 15 is 0 Å². The van der Waals surface area contributed by atoms with Crippen molar-refractivity contribution in [2.75, 3.05) is 46.9 Å². The van der Waals surface area contributed by atoms with E-state index in [9.17, 15) is 0 Å². The normalized spacial score (nSPS) is 14.8. The van der Waals surface area contributed by atoms with Crippen LogP contribution in [0.5, 0.6) is 11.5 Å². The van der Waals surface area contributed by atoms with Crippen molar-refractivity contribution >= 4 is 5.57 Å². The summed E-state index contributed by atoms with van der Waals surface area (Å²) < 4.78 is 11.7. The van der Waals surface area contributed by atoms with Gasteiger partial charge in [-0.15, -0.1) is 0 Å². The SMILES string of the molecule is CCOc1cc(C2=CCNCC2)ccc1OCCCN(C)C. The van der Waals surface area contributed by atoms with Crippen LogP contribution in [0.2, 0.25) is 0 Å². The minimum absolute atomic E-state index is 0.651. The second-order valence-corrected chi connectivity index (χ2v) is 5.78. The zero-order chi connectivity index (χ0) is 15.8. The molecule has 0 amide bonds. The molecule has 4 nitrogen and oxygen atoms in total. The Bertz CT molecular complexity index is 498. The summed E-state index contributed by atoms with van der Waals surface area (Å²) in [5.41, 5.74) is 2.63. The van der Waals surface area contributed by atoms with E-state index in [4.69, 9.17) is 9.47 Å². The van der Waals surface area contributed by atoms with Gasteiger partial charge in [0.25, 0.3) is 0 Å². The number of hydrogen-bond acceptors (Lipinski definition) is 4. The first-order valence-corrected chi connectivity index (χ1v) is 8.15. The second-order valence-electron chi connectivity index (χ2n) is 5.78. The predicted molar refractivity (Wildman–Crippen MR) is 91.7 cm³/mol. The Morgan fingerprint density at radius 3 is 2.73 bits per heavy atom. The third-order valence-electron chi connectivity index (χ3n) is 3.69. The van der Waals surface area contributed by atoms with Crippen LogP contribution in [0.1, 0.15) is 25.3 Å². The molecule has 0 saturated heterocycles. The lowest BCUT2D eigenvalue weighted by molar-refractivity contribution is 0.258. The van der Waals surface area contributed by atoms with Gasteiger partial charge in [0.15, 0.2) is 11.5 Å². The first-order valence-electron chi connectivity index (χ1n) is 8.15. The van der Waals surface area contributed by atoms with Crippen molar-refractivity contribution in [3.63, 3.8) is 0 Å². The number of ether oxygens (including phenoxy) is 2. The van der Waals surface area contributed by atoms with Crippen LogP contribution in [-0.2, 0) is 0 Å². The molecular formula is C18H28N2O2. The highest BCUT2D eigenvalue weighted by Crippen LogP contribution is 2.32. The van der Waals surface area contributed by atoms with Gasteiger partial charge in [-0.1, -0.05) is 12.1 Å². The summed E-state index contributed by atoms with van der Waals surface area (Å²) >= 11 is 0. The Morgan fingerprint density at radius 1 is 1.18 bits per heavy atom. The van der Waals surface area contributed by atoms with Crippen molar-refractivity contribution in [2.45, 2.75) is 19.8 Å². The van der Waals surface area contributed by atoms with Crippen molar-refractivity contribution < 1.29 is 9.47 Å². The van der Waals surface area contributed by atoms with E-state index in [0.29, 0.717) is 13.2 Å². The minimum atomic E-state index is 0.651. The Morgan fingerprint density at radius 2 is 2.05 bits per heavy atom. The highest BCUT2D eigenvalue weighted by Gasteiger charge is 2.11. The molecule has 22 heavy (non-hydrogen) atoms. The fourth-order valence-electron chi connectivity index (χ4n) is 2.54. The molecule has 1 aromatic carbocycles. The van der Waals surface area contributed by atoms with Gasteiger partial charge < -0.3 is 19.7 Å². The molecule has 122 valence electrons. The molecule has 2 rings (SSSR count). The summed E-state index contributed by atoms with van der Waals surface area (Å²) in [7, 11) is 4.15. The molecule has 0 unspecified atom stereocenters. The number of rotatable bonds is 8. The Balaban J connectivity index is 2.04. The largest absolute Gasteiger partial charge is 0.490 e. The van der Waals surface area contributed by atoms with E-state index in [1.165, 1.54) is 11.1 Å². The third kappa shape index (κ3) is 5.04. The van der Waals surface area contributed by atoms with Gasteiger partial charge in [-0.05, 0) is 63.7 Å². The first-order chi connectivity index (χ1) is 10.7. The molecule has 4 heteroatoms. The smallest absolute Gasteiger partial charge is 0.161 e. The van der Waals surface area contributed by atoms with E-state index in [2.05, 4.69) is 42.5 Å². The quantitative estimate of drug-likeness (QED) is 0.749. The van der Waals surface area contributed by atoms with Crippen molar-refractivity contribution in [1.29, 1.82) is 0 Å². The maximum Gasteiger partial charge on any atom is 0.161 e. The molecule has 0 fully saturated rings. The van der Waals surface area contributed by atoms with Crippen LogP contribution >= 0.6 is 0 Å². The van der Waals surface area contributed by atoms with E-state index in [0.717, 1.165) is 44.0 Å². The lowest BCUT2D eigenvalue weighted by Crippen LogP contribution is -2.20. The monoisotopic (exact) mass is 304 g/mol. The predicted octanol–water partition coefficient (Wildman–Crippen LogP) is 2.79. The van der Waals surface area contributed by atoms with E-state index in [1.807, 2.05) is 13.0 Å². The highest BCUT2D eigenvalue weighted by atomic mass is 16.5. The van der Waals surface area contributed by atoms with Gasteiger partial charge >= 0.3 is 0 Å². The van der Waals surface area contributed by atoms with Gasteiger partial charge in [0.2, 0.25) is 0 Å². The molecule has 0 atom stereocenters. The van der Waals surface area contributed by atoms with Crippen LogP contribution < -0.4 is 14.8 Å². The minimum Gasteiger partial charge on any atom is -0.490 e. The lowest BCUT2D eigenvalue weighted by Gasteiger charge is -2.17. The molecule has 0 radical (unpaired) electrons. The summed E-state index contributed by atoms with van der Waals surface area (Å²) in [5.74, 6) is 1.70. The standard InChI is InChI=1S/C18H28N2O2/c1-4-21-18-14-16(15-8-10-19-11-9-15)6-7-17(18)22-13-5-12-20(2)3/h6-8,14,19H,4-5,9-13H2,1-3H3.